The molecule has 1 aromatic carbocycles. The molecule has 1 fully saturated rings. The summed E-state index contributed by atoms with van der Waals surface area (Å²) in [6.45, 7) is 3.99. The summed E-state index contributed by atoms with van der Waals surface area (Å²) < 4.78 is 0. The Bertz CT molecular complexity index is 439. The van der Waals surface area contributed by atoms with Crippen molar-refractivity contribution in [3.8, 4) is 0 Å². The van der Waals surface area contributed by atoms with Crippen LogP contribution in [0.15, 0.2) is 18.2 Å². The van der Waals surface area contributed by atoms with Gasteiger partial charge in [-0.3, -0.25) is 9.69 Å². The minimum absolute atomic E-state index is 0. The third-order valence-corrected chi connectivity index (χ3v) is 3.62. The molecule has 1 aliphatic heterocycles. The van der Waals surface area contributed by atoms with Crippen LogP contribution in [0.25, 0.3) is 0 Å². The van der Waals surface area contributed by atoms with Crippen LogP contribution in [0, 0.1) is 0 Å². The molecule has 1 saturated heterocycles. The van der Waals surface area contributed by atoms with Crippen molar-refractivity contribution in [3.63, 3.8) is 0 Å². The van der Waals surface area contributed by atoms with Gasteiger partial charge in [0.15, 0.2) is 0 Å². The minimum Gasteiger partial charge on any atom is -0.324 e. The average Bonchev–Trinajstić information content (AvgIpc) is 2.36. The maximum Gasteiger partial charge on any atom is 0.238 e. The molecule has 0 radical (unpaired) electrons. The summed E-state index contributed by atoms with van der Waals surface area (Å²) in [5.41, 5.74) is 0.560. The number of nitrogens with zero attached hydrogens (tertiary/aromatic N) is 1. The van der Waals surface area contributed by atoms with Gasteiger partial charge in [0.2, 0.25) is 5.91 Å². The lowest BCUT2D eigenvalue weighted by Gasteiger charge is -2.26. The van der Waals surface area contributed by atoms with Gasteiger partial charge in [0, 0.05) is 26.2 Å². The molecule has 8 heteroatoms. The van der Waals surface area contributed by atoms with Gasteiger partial charge in [-0.1, -0.05) is 29.3 Å². The highest BCUT2D eigenvalue weighted by Gasteiger charge is 2.14. The zero-order valence-corrected chi connectivity index (χ0v) is 13.8. The Balaban J connectivity index is 0.00000180. The Morgan fingerprint density at radius 3 is 2.55 bits per heavy atom. The SMILES string of the molecule is Cl.Cl.O=C(CN1CCNCC1)Nc1cccc(Cl)c1Cl. The number of piperazine rings is 1. The molecule has 114 valence electrons. The van der Waals surface area contributed by atoms with E-state index in [-0.39, 0.29) is 30.7 Å². The van der Waals surface area contributed by atoms with Gasteiger partial charge >= 0.3 is 0 Å². The number of carbonyl (C=O) groups excluding carboxylic acids is 1. The summed E-state index contributed by atoms with van der Waals surface area (Å²) >= 11 is 11.9. The lowest BCUT2D eigenvalue weighted by molar-refractivity contribution is -0.117. The van der Waals surface area contributed by atoms with Gasteiger partial charge in [-0.15, -0.1) is 24.8 Å². The summed E-state index contributed by atoms with van der Waals surface area (Å²) in [4.78, 5) is 14.0. The molecule has 2 N–H and O–H groups in total. The lowest BCUT2D eigenvalue weighted by atomic mass is 10.3. The van der Waals surface area contributed by atoms with Crippen molar-refractivity contribution in [2.24, 2.45) is 0 Å². The molecule has 1 heterocycles. The van der Waals surface area contributed by atoms with Gasteiger partial charge in [-0.2, -0.15) is 0 Å². The van der Waals surface area contributed by atoms with Gasteiger partial charge in [-0.05, 0) is 12.1 Å². The van der Waals surface area contributed by atoms with Crippen LogP contribution in [0.5, 0.6) is 0 Å². The van der Waals surface area contributed by atoms with Crippen LogP contribution in [0.4, 0.5) is 5.69 Å². The summed E-state index contributed by atoms with van der Waals surface area (Å²) in [7, 11) is 0. The molecular weight excluding hydrogens is 344 g/mol. The van der Waals surface area contributed by atoms with Crippen LogP contribution < -0.4 is 10.6 Å². The Labute approximate surface area is 141 Å². The normalized spacial score (nSPS) is 14.9. The third-order valence-electron chi connectivity index (χ3n) is 2.80. The Kier molecular flexibility index (Phi) is 9.55. The van der Waals surface area contributed by atoms with Gasteiger partial charge in [0.25, 0.3) is 0 Å². The van der Waals surface area contributed by atoms with Crippen molar-refractivity contribution >= 4 is 59.6 Å². The summed E-state index contributed by atoms with van der Waals surface area (Å²) in [6, 6.07) is 5.19. The predicted molar refractivity (Wildman–Crippen MR) is 88.9 cm³/mol. The molecule has 0 aliphatic carbocycles. The second-order valence-electron chi connectivity index (χ2n) is 4.18. The van der Waals surface area contributed by atoms with E-state index in [2.05, 4.69) is 15.5 Å². The molecule has 0 unspecified atom stereocenters. The van der Waals surface area contributed by atoms with E-state index in [9.17, 15) is 4.79 Å². The first-order valence-electron chi connectivity index (χ1n) is 5.84. The predicted octanol–water partition coefficient (Wildman–Crippen LogP) is 2.68. The summed E-state index contributed by atoms with van der Waals surface area (Å²) in [6.07, 6.45) is 0. The molecule has 2 rings (SSSR count). The van der Waals surface area contributed by atoms with Crippen LogP contribution >= 0.6 is 48.0 Å². The average molecular weight is 361 g/mol. The molecule has 4 nitrogen and oxygen atoms in total. The van der Waals surface area contributed by atoms with Crippen LogP contribution in [0.1, 0.15) is 0 Å². The van der Waals surface area contributed by atoms with Crippen molar-refractivity contribution < 1.29 is 4.79 Å². The van der Waals surface area contributed by atoms with E-state index in [1.165, 1.54) is 0 Å². The topological polar surface area (TPSA) is 44.4 Å². The number of rotatable bonds is 3. The van der Waals surface area contributed by atoms with E-state index in [1.807, 2.05) is 0 Å². The van der Waals surface area contributed by atoms with Crippen molar-refractivity contribution in [2.75, 3.05) is 38.0 Å². The fourth-order valence-electron chi connectivity index (χ4n) is 1.86. The maximum atomic E-state index is 11.9. The fourth-order valence-corrected chi connectivity index (χ4v) is 2.21. The number of halogens is 4. The van der Waals surface area contributed by atoms with E-state index in [0.29, 0.717) is 22.3 Å². The van der Waals surface area contributed by atoms with Gasteiger partial charge in [0.1, 0.15) is 0 Å². The van der Waals surface area contributed by atoms with Crippen LogP contribution in [0.2, 0.25) is 10.0 Å². The zero-order chi connectivity index (χ0) is 13.0. The lowest BCUT2D eigenvalue weighted by Crippen LogP contribution is -2.46. The van der Waals surface area contributed by atoms with E-state index in [0.717, 1.165) is 26.2 Å². The summed E-state index contributed by atoms with van der Waals surface area (Å²) in [5, 5.41) is 6.85. The minimum atomic E-state index is -0.0685. The molecule has 20 heavy (non-hydrogen) atoms. The van der Waals surface area contributed by atoms with Gasteiger partial charge in [-0.25, -0.2) is 0 Å². The van der Waals surface area contributed by atoms with E-state index < -0.39 is 0 Å². The maximum absolute atomic E-state index is 11.9. The number of nitrogens with one attached hydrogen (secondary N) is 2. The third kappa shape index (κ3) is 5.64. The Hall–Kier alpha value is -0.230. The van der Waals surface area contributed by atoms with Gasteiger partial charge < -0.3 is 10.6 Å². The molecule has 0 saturated carbocycles. The molecule has 0 atom stereocenters. The molecular formula is C12H17Cl4N3O. The van der Waals surface area contributed by atoms with Crippen molar-refractivity contribution in [1.82, 2.24) is 10.2 Å². The zero-order valence-electron chi connectivity index (χ0n) is 10.7. The molecule has 0 bridgehead atoms. The van der Waals surface area contributed by atoms with E-state index in [4.69, 9.17) is 23.2 Å². The summed E-state index contributed by atoms with van der Waals surface area (Å²) in [5.74, 6) is -0.0685. The smallest absolute Gasteiger partial charge is 0.238 e. The van der Waals surface area contributed by atoms with E-state index in [1.54, 1.807) is 18.2 Å². The number of anilines is 1. The number of benzene rings is 1. The first kappa shape index (κ1) is 19.8. The largest absolute Gasteiger partial charge is 0.324 e. The Morgan fingerprint density at radius 2 is 1.90 bits per heavy atom. The fraction of sp³-hybridized carbons (Fsp3) is 0.417. The molecule has 0 aromatic heterocycles. The quantitative estimate of drug-likeness (QED) is 0.870. The highest BCUT2D eigenvalue weighted by molar-refractivity contribution is 6.43. The van der Waals surface area contributed by atoms with Gasteiger partial charge in [0.05, 0.1) is 22.3 Å². The van der Waals surface area contributed by atoms with Crippen LogP contribution in [-0.4, -0.2) is 43.5 Å². The van der Waals surface area contributed by atoms with Crippen LogP contribution in [0.3, 0.4) is 0 Å². The highest BCUT2D eigenvalue weighted by Crippen LogP contribution is 2.29. The standard InChI is InChI=1S/C12H15Cl2N3O.2ClH/c13-9-2-1-3-10(12(9)14)16-11(18)8-17-6-4-15-5-7-17;;/h1-3,15H,4-8H2,(H,16,18);2*1H. The monoisotopic (exact) mass is 359 g/mol. The number of hydrogen-bond donors (Lipinski definition) is 2. The Morgan fingerprint density at radius 1 is 1.25 bits per heavy atom. The van der Waals surface area contributed by atoms with E-state index >= 15 is 0 Å². The number of carbonyl (C=O) groups is 1. The van der Waals surface area contributed by atoms with Crippen molar-refractivity contribution in [2.45, 2.75) is 0 Å². The van der Waals surface area contributed by atoms with Crippen molar-refractivity contribution in [3.05, 3.63) is 28.2 Å². The number of hydrogen-bond acceptors (Lipinski definition) is 3. The first-order valence-corrected chi connectivity index (χ1v) is 6.59. The number of amides is 1. The first-order chi connectivity index (χ1) is 8.66. The van der Waals surface area contributed by atoms with Crippen molar-refractivity contribution in [1.29, 1.82) is 0 Å². The second-order valence-corrected chi connectivity index (χ2v) is 4.96. The highest BCUT2D eigenvalue weighted by atomic mass is 35.5. The molecule has 0 spiro atoms. The molecule has 1 aliphatic rings. The molecule has 1 amide bonds. The van der Waals surface area contributed by atoms with Crippen LogP contribution in [-0.2, 0) is 4.79 Å². The molecule has 1 aromatic rings. The second kappa shape index (κ2) is 9.66.